The number of unbranched alkanes of at least 4 members (excludes halogenated alkanes) is 4. The molecule has 8 aromatic heterocycles. The quantitative estimate of drug-likeness (QED) is 0.0214. The van der Waals surface area contributed by atoms with Crippen molar-refractivity contribution in [2.24, 2.45) is 5.90 Å². The Kier molecular flexibility index (Phi) is 27.5. The molecule has 1 amide bonds. The fraction of sp³-hybridized carbons (Fsp3) is 0.490. The van der Waals surface area contributed by atoms with Crippen LogP contribution in [-0.4, -0.2) is 152 Å². The van der Waals surface area contributed by atoms with Gasteiger partial charge in [-0.1, -0.05) is 83.5 Å². The summed E-state index contributed by atoms with van der Waals surface area (Å²) < 4.78 is 20.4. The predicted octanol–water partition coefficient (Wildman–Crippen LogP) is 1.11. The van der Waals surface area contributed by atoms with E-state index in [0.29, 0.717) is 102 Å². The number of hydrogen-bond acceptors (Lipinski definition) is 23. The molecule has 29 heteroatoms. The van der Waals surface area contributed by atoms with Gasteiger partial charge in [-0.25, -0.2) is 30.8 Å². The number of nitrogens with two attached hydrogens (primary N) is 4. The Hall–Kier alpha value is -6.85. The maximum Gasteiger partial charge on any atom is 1.00 e. The van der Waals surface area contributed by atoms with E-state index in [2.05, 4.69) is 107 Å². The number of fused-ring (bicyclic) bond motifs is 3. The molecule has 9 heterocycles. The zero-order chi connectivity index (χ0) is 56.4. The van der Waals surface area contributed by atoms with Gasteiger partial charge in [0, 0.05) is 51.7 Å². The summed E-state index contributed by atoms with van der Waals surface area (Å²) in [5.74, 6) is 6.63. The third kappa shape index (κ3) is 19.7. The Morgan fingerprint density at radius 2 is 1.20 bits per heavy atom. The van der Waals surface area contributed by atoms with Gasteiger partial charge in [-0.05, 0) is 42.5 Å². The number of ether oxygens (including phenoxy) is 3. The first-order chi connectivity index (χ1) is 38.5. The molecule has 0 aliphatic carbocycles. The van der Waals surface area contributed by atoms with Crippen molar-refractivity contribution in [2.45, 2.75) is 92.2 Å². The molecule has 8 aromatic rings. The smallest absolute Gasteiger partial charge is 0.854 e. The normalized spacial score (nSPS) is 12.2. The van der Waals surface area contributed by atoms with Crippen molar-refractivity contribution in [1.82, 2.24) is 79.2 Å². The average molecular weight is 1130 g/mol. The first-order valence-electron chi connectivity index (χ1n) is 26.5. The van der Waals surface area contributed by atoms with Crippen LogP contribution in [0, 0.1) is 0 Å². The first kappa shape index (κ1) is 64.0. The van der Waals surface area contributed by atoms with Crippen LogP contribution in [-0.2, 0) is 22.7 Å². The number of hydrogen-bond donors (Lipinski definition) is 6. The van der Waals surface area contributed by atoms with Gasteiger partial charge in [-0.3, -0.25) is 14.5 Å². The number of carbonyl (C=O) groups excluding carboxylic acids is 1. The molecular weight excluding hydrogens is 1060 g/mol. The van der Waals surface area contributed by atoms with Crippen molar-refractivity contribution in [3.05, 3.63) is 71.9 Å². The molecular formula is C51H73ClN21NaO6. The second kappa shape index (κ2) is 34.3. The minimum atomic E-state index is -0.208. The van der Waals surface area contributed by atoms with Gasteiger partial charge in [0.2, 0.25) is 5.91 Å². The Labute approximate surface area is 491 Å². The van der Waals surface area contributed by atoms with E-state index < -0.39 is 0 Å². The van der Waals surface area contributed by atoms with Gasteiger partial charge in [0.1, 0.15) is 23.1 Å². The summed E-state index contributed by atoms with van der Waals surface area (Å²) in [5, 5.41) is 12.8. The molecule has 1 aliphatic heterocycles. The van der Waals surface area contributed by atoms with E-state index >= 15 is 0 Å². The van der Waals surface area contributed by atoms with E-state index in [-0.39, 0.29) is 60.7 Å². The molecule has 9 rings (SSSR count). The third-order valence-electron chi connectivity index (χ3n) is 11.9. The van der Waals surface area contributed by atoms with E-state index in [1.165, 1.54) is 6.33 Å². The second-order valence-corrected chi connectivity index (χ2v) is 18.4. The molecule has 0 atom stereocenters. The number of imidazole rings is 3. The van der Waals surface area contributed by atoms with Gasteiger partial charge in [0.25, 0.3) is 0 Å². The standard InChI is InChI=1S/C23H34N10O3.C15H17ClN6O.C9H13N5O.C4H9O.Na/c1-2-3-12-35-23-29-21(24)20-22(30-23)33(16-28-20)14-17-4-5-18(27-13-17)32-10-8-31(9-11-32)7-6-26-19(34)15-36-25;1-2-3-6-23-15-20-13(17)12-14(21-15)22(9-19-12)8-10-4-5-11(16)18-7-10;1-2-3-4-15-9-13-7(10)6-8(14-9)12-5-11-6;1-2-3-4-5;/h4-5,13,16H,2-3,6-12,14-15,25H2,1H3,(H,26,34)(H2,24,29,30);4-5,7,9H,2-3,6,8H2,1H3,(H2,17,20,21);5H,2-4H2,1H3,(H3,10,11,12,13,14);2-4H2,1H3;/q;;;-1;+1. The topological polar surface area (TPSA) is 367 Å². The van der Waals surface area contributed by atoms with Gasteiger partial charge in [-0.15, -0.1) is 6.61 Å². The Bertz CT molecular complexity index is 3070. The van der Waals surface area contributed by atoms with Crippen LogP contribution in [0.1, 0.15) is 90.2 Å². The minimum Gasteiger partial charge on any atom is -0.854 e. The van der Waals surface area contributed by atoms with Gasteiger partial charge in [-0.2, -0.15) is 29.9 Å². The number of H-pyrrole nitrogens is 1. The van der Waals surface area contributed by atoms with Crippen LogP contribution in [0.25, 0.3) is 33.5 Å². The molecule has 0 aromatic carbocycles. The fourth-order valence-corrected chi connectivity index (χ4v) is 7.60. The number of pyridine rings is 2. The summed E-state index contributed by atoms with van der Waals surface area (Å²) in [6.07, 6.45) is 16.4. The number of nitrogens with zero attached hydrogens (tertiary/aromatic N) is 15. The van der Waals surface area contributed by atoms with Crippen molar-refractivity contribution in [2.75, 3.05) is 94.4 Å². The number of aromatic amines is 1. The monoisotopic (exact) mass is 1130 g/mol. The molecule has 0 spiro atoms. The number of aromatic nitrogens is 14. The average Bonchev–Trinajstić information content (AvgIpc) is 4.27. The van der Waals surface area contributed by atoms with Crippen molar-refractivity contribution >= 4 is 74.3 Å². The zero-order valence-corrected chi connectivity index (χ0v) is 49.1. The number of rotatable bonds is 24. The summed E-state index contributed by atoms with van der Waals surface area (Å²) in [6, 6.07) is 8.61. The summed E-state index contributed by atoms with van der Waals surface area (Å²) in [4.78, 5) is 70.0. The van der Waals surface area contributed by atoms with Gasteiger partial charge in [0.05, 0.1) is 51.9 Å². The number of halogens is 1. The van der Waals surface area contributed by atoms with E-state index in [1.54, 1.807) is 24.9 Å². The maximum absolute atomic E-state index is 11.4. The van der Waals surface area contributed by atoms with Crippen molar-refractivity contribution in [3.63, 3.8) is 0 Å². The van der Waals surface area contributed by atoms with E-state index in [4.69, 9.17) is 48.9 Å². The van der Waals surface area contributed by atoms with Gasteiger partial charge >= 0.3 is 47.6 Å². The van der Waals surface area contributed by atoms with Crippen LogP contribution in [0.15, 0.2) is 55.6 Å². The molecule has 426 valence electrons. The molecule has 27 nitrogen and oxygen atoms in total. The summed E-state index contributed by atoms with van der Waals surface area (Å²) in [5.41, 5.74) is 23.3. The number of anilines is 4. The largest absolute Gasteiger partial charge is 1.00 e. The molecule has 0 saturated carbocycles. The molecule has 0 bridgehead atoms. The van der Waals surface area contributed by atoms with Crippen LogP contribution < -0.4 is 82.2 Å². The minimum absolute atomic E-state index is 0. The fourth-order valence-electron chi connectivity index (χ4n) is 7.49. The third-order valence-corrected chi connectivity index (χ3v) is 12.1. The number of piperazine rings is 1. The van der Waals surface area contributed by atoms with E-state index in [0.717, 1.165) is 101 Å². The molecule has 1 saturated heterocycles. The molecule has 0 radical (unpaired) electrons. The molecule has 10 N–H and O–H groups in total. The Morgan fingerprint density at radius 1 is 0.675 bits per heavy atom. The van der Waals surface area contributed by atoms with E-state index in [9.17, 15) is 9.90 Å². The molecule has 80 heavy (non-hydrogen) atoms. The van der Waals surface area contributed by atoms with Crippen molar-refractivity contribution in [1.29, 1.82) is 0 Å². The molecule has 0 unspecified atom stereocenters. The van der Waals surface area contributed by atoms with Crippen molar-refractivity contribution in [3.8, 4) is 18.0 Å². The van der Waals surface area contributed by atoms with Crippen LogP contribution in [0.3, 0.4) is 0 Å². The Balaban J connectivity index is 0.000000227. The molecule has 1 aliphatic rings. The summed E-state index contributed by atoms with van der Waals surface area (Å²) in [6.45, 7) is 16.0. The Morgan fingerprint density at radius 3 is 1.68 bits per heavy atom. The first-order valence-corrected chi connectivity index (χ1v) is 26.9. The van der Waals surface area contributed by atoms with Crippen LogP contribution in [0.5, 0.6) is 18.0 Å². The number of carbonyl (C=O) groups is 1. The van der Waals surface area contributed by atoms with Gasteiger partial charge in [0.15, 0.2) is 45.4 Å². The van der Waals surface area contributed by atoms with Crippen LogP contribution >= 0.6 is 11.6 Å². The number of nitrogens with one attached hydrogen (secondary N) is 2. The molecule has 1 fully saturated rings. The van der Waals surface area contributed by atoms with Crippen molar-refractivity contribution < 1.29 is 58.5 Å². The zero-order valence-electron chi connectivity index (χ0n) is 46.4. The number of nitrogen functional groups attached to an aromatic ring is 3. The predicted molar refractivity (Wildman–Crippen MR) is 300 cm³/mol. The van der Waals surface area contributed by atoms with E-state index in [1.807, 2.05) is 34.4 Å². The summed E-state index contributed by atoms with van der Waals surface area (Å²) >= 11 is 5.81. The van der Waals surface area contributed by atoms with Crippen LogP contribution in [0.4, 0.5) is 23.3 Å². The number of amides is 1. The van der Waals surface area contributed by atoms with Gasteiger partial charge < -0.3 is 60.9 Å². The second-order valence-electron chi connectivity index (χ2n) is 18.0. The summed E-state index contributed by atoms with van der Waals surface area (Å²) in [7, 11) is 0. The van der Waals surface area contributed by atoms with Crippen LogP contribution in [0.2, 0.25) is 5.15 Å². The maximum atomic E-state index is 11.4. The SMILES string of the molecule is CCCCOc1nc(N)c2[nH]cnc2n1.CCCCOc1nc(N)c2ncn(Cc3ccc(Cl)nc3)c2n1.CCCCOc1nc(N)c2ncn(Cc3ccc(N4CCN(CCNC(=O)CON)CC4)nc3)c2n1.CCCC[O-].[Na+].